The Morgan fingerprint density at radius 3 is 1.90 bits per heavy atom. The van der Waals surface area contributed by atoms with E-state index in [4.69, 9.17) is 0 Å². The summed E-state index contributed by atoms with van der Waals surface area (Å²) < 4.78 is 0. The van der Waals surface area contributed by atoms with Crippen LogP contribution in [0.3, 0.4) is 0 Å². The summed E-state index contributed by atoms with van der Waals surface area (Å²) in [5.74, 6) is 2.12. The highest BCUT2D eigenvalue weighted by Gasteiger charge is 2.25. The lowest BCUT2D eigenvalue weighted by molar-refractivity contribution is 0.239. The molecule has 0 aromatic carbocycles. The standard InChI is InChI=1S/C30H58/c1-10-14-15-16-17-18-19-23-29(27(8)24-30(9,12-3)13-4)26(7)21-20-22-28(11-2)25(5)6/h11,25,27-28H,2,10,12-24H2,1,3-9H3. The van der Waals surface area contributed by atoms with Gasteiger partial charge in [0.15, 0.2) is 0 Å². The van der Waals surface area contributed by atoms with Gasteiger partial charge >= 0.3 is 0 Å². The molecule has 2 unspecified atom stereocenters. The van der Waals surface area contributed by atoms with Crippen molar-refractivity contribution in [3.05, 3.63) is 23.8 Å². The summed E-state index contributed by atoms with van der Waals surface area (Å²) in [6.07, 6.45) is 21.2. The second-order valence-corrected chi connectivity index (χ2v) is 10.8. The first-order chi connectivity index (χ1) is 14.2. The minimum absolute atomic E-state index is 0.497. The average Bonchev–Trinajstić information content (AvgIpc) is 2.72. The normalized spacial score (nSPS) is 15.2. The summed E-state index contributed by atoms with van der Waals surface area (Å²) in [5.41, 5.74) is 4.00. The summed E-state index contributed by atoms with van der Waals surface area (Å²) in [6.45, 7) is 23.3. The van der Waals surface area contributed by atoms with Crippen molar-refractivity contribution >= 4 is 0 Å². The van der Waals surface area contributed by atoms with Crippen molar-refractivity contribution in [2.45, 2.75) is 145 Å². The number of allylic oxidation sites excluding steroid dienone is 3. The van der Waals surface area contributed by atoms with Crippen LogP contribution >= 0.6 is 0 Å². The Labute approximate surface area is 192 Å². The Morgan fingerprint density at radius 1 is 0.833 bits per heavy atom. The number of unbranched alkanes of at least 4 members (excludes halogenated alkanes) is 6. The molecule has 0 saturated heterocycles. The van der Waals surface area contributed by atoms with Crippen LogP contribution in [0.5, 0.6) is 0 Å². The lowest BCUT2D eigenvalue weighted by Gasteiger charge is -2.32. The fourth-order valence-corrected chi connectivity index (χ4v) is 5.04. The number of hydrogen-bond donors (Lipinski definition) is 0. The van der Waals surface area contributed by atoms with E-state index in [1.165, 1.54) is 89.9 Å². The third-order valence-corrected chi connectivity index (χ3v) is 7.95. The molecule has 0 aliphatic rings. The number of rotatable bonds is 19. The van der Waals surface area contributed by atoms with Crippen LogP contribution in [0.4, 0.5) is 0 Å². The molecule has 0 nitrogen and oxygen atoms in total. The van der Waals surface area contributed by atoms with E-state index in [1.54, 1.807) is 11.1 Å². The van der Waals surface area contributed by atoms with Crippen LogP contribution < -0.4 is 0 Å². The quantitative estimate of drug-likeness (QED) is 0.144. The zero-order valence-corrected chi connectivity index (χ0v) is 22.4. The van der Waals surface area contributed by atoms with E-state index >= 15 is 0 Å². The maximum absolute atomic E-state index is 4.07. The first-order valence-electron chi connectivity index (χ1n) is 13.6. The summed E-state index contributed by atoms with van der Waals surface area (Å²) in [6, 6.07) is 0. The summed E-state index contributed by atoms with van der Waals surface area (Å²) in [5, 5.41) is 0. The Bertz CT molecular complexity index is 449. The molecule has 0 N–H and O–H groups in total. The van der Waals surface area contributed by atoms with Gasteiger partial charge in [-0.15, -0.1) is 6.58 Å². The molecule has 0 amide bonds. The topological polar surface area (TPSA) is 0 Å². The minimum Gasteiger partial charge on any atom is -0.103 e. The van der Waals surface area contributed by atoms with Crippen LogP contribution in [-0.2, 0) is 0 Å². The first kappa shape index (κ1) is 29.5. The van der Waals surface area contributed by atoms with Gasteiger partial charge in [0.25, 0.3) is 0 Å². The van der Waals surface area contributed by atoms with Crippen molar-refractivity contribution in [1.82, 2.24) is 0 Å². The Balaban J connectivity index is 4.96. The van der Waals surface area contributed by atoms with Gasteiger partial charge in [-0.25, -0.2) is 0 Å². The molecule has 0 saturated carbocycles. The molecular formula is C30H58. The van der Waals surface area contributed by atoms with Crippen LogP contribution in [0.2, 0.25) is 0 Å². The van der Waals surface area contributed by atoms with Gasteiger partial charge in [-0.2, -0.15) is 0 Å². The molecule has 2 atom stereocenters. The van der Waals surface area contributed by atoms with Crippen LogP contribution in [0, 0.1) is 23.2 Å². The SMILES string of the molecule is C=CC(CCCC(C)=C(CCCCCCCCC)C(C)CC(C)(CC)CC)C(C)C. The highest BCUT2D eigenvalue weighted by molar-refractivity contribution is 5.15. The van der Waals surface area contributed by atoms with E-state index < -0.39 is 0 Å². The number of hydrogen-bond acceptors (Lipinski definition) is 0. The third kappa shape index (κ3) is 12.4. The fraction of sp³-hybridized carbons (Fsp3) is 0.867. The maximum Gasteiger partial charge on any atom is -0.0213 e. The highest BCUT2D eigenvalue weighted by Crippen LogP contribution is 2.38. The molecule has 0 bridgehead atoms. The van der Waals surface area contributed by atoms with Crippen LogP contribution in [0.15, 0.2) is 23.8 Å². The average molecular weight is 419 g/mol. The van der Waals surface area contributed by atoms with Gasteiger partial charge in [0, 0.05) is 0 Å². The van der Waals surface area contributed by atoms with Crippen LogP contribution in [-0.4, -0.2) is 0 Å². The summed E-state index contributed by atoms with van der Waals surface area (Å²) in [4.78, 5) is 0. The Hall–Kier alpha value is -0.520. The molecule has 0 heteroatoms. The molecule has 30 heavy (non-hydrogen) atoms. The molecule has 0 aliphatic heterocycles. The van der Waals surface area contributed by atoms with Gasteiger partial charge in [-0.1, -0.05) is 117 Å². The van der Waals surface area contributed by atoms with Gasteiger partial charge < -0.3 is 0 Å². The highest BCUT2D eigenvalue weighted by atomic mass is 14.3. The van der Waals surface area contributed by atoms with Gasteiger partial charge in [0.1, 0.15) is 0 Å². The maximum atomic E-state index is 4.07. The van der Waals surface area contributed by atoms with Gasteiger partial charge in [-0.3, -0.25) is 0 Å². The Kier molecular flexibility index (Phi) is 16.8. The molecule has 0 radical (unpaired) electrons. The molecule has 0 fully saturated rings. The van der Waals surface area contributed by atoms with E-state index in [-0.39, 0.29) is 0 Å². The minimum atomic E-state index is 0.497. The van der Waals surface area contributed by atoms with Gasteiger partial charge in [-0.05, 0) is 68.6 Å². The van der Waals surface area contributed by atoms with Gasteiger partial charge in [0.05, 0.1) is 0 Å². The van der Waals surface area contributed by atoms with E-state index in [1.807, 2.05) is 0 Å². The van der Waals surface area contributed by atoms with Crippen LogP contribution in [0.25, 0.3) is 0 Å². The second-order valence-electron chi connectivity index (χ2n) is 10.8. The molecule has 0 spiro atoms. The van der Waals surface area contributed by atoms with E-state index in [2.05, 4.69) is 68.0 Å². The monoisotopic (exact) mass is 418 g/mol. The Morgan fingerprint density at radius 2 is 1.40 bits per heavy atom. The molecule has 178 valence electrons. The van der Waals surface area contributed by atoms with Crippen molar-refractivity contribution in [1.29, 1.82) is 0 Å². The molecule has 0 heterocycles. The lowest BCUT2D eigenvalue weighted by Crippen LogP contribution is -2.19. The van der Waals surface area contributed by atoms with Crippen molar-refractivity contribution in [3.63, 3.8) is 0 Å². The van der Waals surface area contributed by atoms with Crippen molar-refractivity contribution in [3.8, 4) is 0 Å². The fourth-order valence-electron chi connectivity index (χ4n) is 5.04. The summed E-state index contributed by atoms with van der Waals surface area (Å²) in [7, 11) is 0. The smallest absolute Gasteiger partial charge is 0.0213 e. The van der Waals surface area contributed by atoms with Gasteiger partial charge in [0.2, 0.25) is 0 Å². The summed E-state index contributed by atoms with van der Waals surface area (Å²) >= 11 is 0. The van der Waals surface area contributed by atoms with Crippen molar-refractivity contribution in [2.75, 3.05) is 0 Å². The van der Waals surface area contributed by atoms with Crippen LogP contribution in [0.1, 0.15) is 145 Å². The zero-order valence-electron chi connectivity index (χ0n) is 22.4. The molecule has 0 aromatic heterocycles. The van der Waals surface area contributed by atoms with E-state index in [9.17, 15) is 0 Å². The first-order valence-corrected chi connectivity index (χ1v) is 13.6. The lowest BCUT2D eigenvalue weighted by atomic mass is 9.73. The van der Waals surface area contributed by atoms with Crippen molar-refractivity contribution in [2.24, 2.45) is 23.2 Å². The van der Waals surface area contributed by atoms with E-state index in [0.29, 0.717) is 17.3 Å². The predicted octanol–water partition coefficient (Wildman–Crippen LogP) is 10.9. The largest absolute Gasteiger partial charge is 0.103 e. The third-order valence-electron chi connectivity index (χ3n) is 7.95. The zero-order chi connectivity index (χ0) is 23.0. The second kappa shape index (κ2) is 17.1. The molecule has 0 aliphatic carbocycles. The molecule has 0 rings (SSSR count). The van der Waals surface area contributed by atoms with Crippen molar-refractivity contribution < 1.29 is 0 Å². The predicted molar refractivity (Wildman–Crippen MR) is 140 cm³/mol. The molecular weight excluding hydrogens is 360 g/mol. The van der Waals surface area contributed by atoms with E-state index in [0.717, 1.165) is 5.92 Å². The molecule has 0 aromatic rings.